The fraction of sp³-hybridized carbons (Fsp3) is 0.778. The van der Waals surface area contributed by atoms with Gasteiger partial charge >= 0.3 is 0 Å². The first-order valence-electron chi connectivity index (χ1n) is 5.13. The second-order valence-electron chi connectivity index (χ2n) is 3.51. The molecule has 1 aromatic rings. The standard InChI is InChI=1S/C9H13BrCl3N3/c1-2-3-4-5-6-16-7(9(11,12)13)8(10)14-15-16/h2-6H2,1H3. The average molecular weight is 349 g/mol. The Kier molecular flexibility index (Phi) is 5.85. The minimum absolute atomic E-state index is 0.489. The second-order valence-corrected chi connectivity index (χ2v) is 6.54. The molecule has 0 radical (unpaired) electrons. The maximum atomic E-state index is 5.85. The molecule has 16 heavy (non-hydrogen) atoms. The summed E-state index contributed by atoms with van der Waals surface area (Å²) in [4.78, 5) is 0. The molecule has 1 heterocycles. The molecule has 0 N–H and O–H groups in total. The van der Waals surface area contributed by atoms with E-state index in [9.17, 15) is 0 Å². The number of aromatic nitrogens is 3. The summed E-state index contributed by atoms with van der Waals surface area (Å²) < 4.78 is 0.641. The van der Waals surface area contributed by atoms with Crippen molar-refractivity contribution < 1.29 is 0 Å². The number of unbranched alkanes of at least 4 members (excludes halogenated alkanes) is 3. The van der Waals surface area contributed by atoms with Gasteiger partial charge in [-0.3, -0.25) is 0 Å². The van der Waals surface area contributed by atoms with Crippen LogP contribution in [0, 0.1) is 0 Å². The average Bonchev–Trinajstić information content (AvgIpc) is 2.54. The predicted octanol–water partition coefficient (Wildman–Crippen LogP) is 4.45. The van der Waals surface area contributed by atoms with Crippen molar-refractivity contribution in [3.63, 3.8) is 0 Å². The van der Waals surface area contributed by atoms with Crippen LogP contribution in [0.4, 0.5) is 0 Å². The van der Waals surface area contributed by atoms with Crippen molar-refractivity contribution in [2.75, 3.05) is 0 Å². The third-order valence-electron chi connectivity index (χ3n) is 2.19. The minimum atomic E-state index is -1.49. The second kappa shape index (κ2) is 6.43. The Morgan fingerprint density at radius 3 is 2.50 bits per heavy atom. The van der Waals surface area contributed by atoms with Crippen LogP contribution in [0.1, 0.15) is 38.3 Å². The monoisotopic (exact) mass is 347 g/mol. The van der Waals surface area contributed by atoms with Crippen molar-refractivity contribution in [3.05, 3.63) is 10.3 Å². The van der Waals surface area contributed by atoms with Crippen molar-refractivity contribution in [1.29, 1.82) is 0 Å². The van der Waals surface area contributed by atoms with Crippen molar-refractivity contribution in [1.82, 2.24) is 15.0 Å². The van der Waals surface area contributed by atoms with Crippen LogP contribution in [0.25, 0.3) is 0 Å². The Morgan fingerprint density at radius 2 is 1.94 bits per heavy atom. The zero-order chi connectivity index (χ0) is 12.2. The van der Waals surface area contributed by atoms with E-state index in [2.05, 4.69) is 33.2 Å². The molecule has 7 heteroatoms. The summed E-state index contributed by atoms with van der Waals surface area (Å²) >= 11 is 20.8. The lowest BCUT2D eigenvalue weighted by Gasteiger charge is -2.13. The third-order valence-corrected chi connectivity index (χ3v) is 3.26. The maximum absolute atomic E-state index is 5.85. The lowest BCUT2D eigenvalue weighted by molar-refractivity contribution is 0.514. The lowest BCUT2D eigenvalue weighted by atomic mass is 10.2. The molecule has 92 valence electrons. The first-order valence-corrected chi connectivity index (χ1v) is 7.05. The number of halogens is 4. The Balaban J connectivity index is 2.66. The molecule has 0 aliphatic heterocycles. The highest BCUT2D eigenvalue weighted by Gasteiger charge is 2.31. The van der Waals surface area contributed by atoms with E-state index < -0.39 is 3.79 Å². The summed E-state index contributed by atoms with van der Waals surface area (Å²) in [6.07, 6.45) is 4.56. The van der Waals surface area contributed by atoms with Gasteiger partial charge in [0.05, 0.1) is 0 Å². The highest BCUT2D eigenvalue weighted by atomic mass is 79.9. The molecule has 0 unspecified atom stereocenters. The van der Waals surface area contributed by atoms with Crippen LogP contribution in [-0.4, -0.2) is 15.0 Å². The summed E-state index contributed by atoms with van der Waals surface area (Å²) in [5.74, 6) is 0. The minimum Gasteiger partial charge on any atom is -0.244 e. The zero-order valence-corrected chi connectivity index (χ0v) is 12.7. The van der Waals surface area contributed by atoms with Crippen LogP contribution >= 0.6 is 50.7 Å². The van der Waals surface area contributed by atoms with E-state index >= 15 is 0 Å². The van der Waals surface area contributed by atoms with Gasteiger partial charge in [0.1, 0.15) is 5.69 Å². The number of alkyl halides is 3. The largest absolute Gasteiger partial charge is 0.244 e. The van der Waals surface area contributed by atoms with E-state index in [0.717, 1.165) is 19.4 Å². The Hall–Kier alpha value is 0.490. The molecular weight excluding hydrogens is 336 g/mol. The SMILES string of the molecule is CCCCCCn1nnc(Br)c1C(Cl)(Cl)Cl. The van der Waals surface area contributed by atoms with Crippen LogP contribution in [0.5, 0.6) is 0 Å². The first-order chi connectivity index (χ1) is 7.46. The van der Waals surface area contributed by atoms with Crippen LogP contribution < -0.4 is 0 Å². The van der Waals surface area contributed by atoms with E-state index in [1.54, 1.807) is 4.68 Å². The van der Waals surface area contributed by atoms with E-state index in [1.165, 1.54) is 12.8 Å². The highest BCUT2D eigenvalue weighted by molar-refractivity contribution is 9.10. The van der Waals surface area contributed by atoms with Crippen molar-refractivity contribution in [3.8, 4) is 0 Å². The van der Waals surface area contributed by atoms with Crippen LogP contribution in [0.2, 0.25) is 0 Å². The van der Waals surface area contributed by atoms with Crippen LogP contribution in [-0.2, 0) is 10.3 Å². The van der Waals surface area contributed by atoms with Gasteiger partial charge < -0.3 is 0 Å². The van der Waals surface area contributed by atoms with Gasteiger partial charge in [-0.05, 0) is 22.4 Å². The first kappa shape index (κ1) is 14.6. The summed E-state index contributed by atoms with van der Waals surface area (Å²) in [6.45, 7) is 2.89. The summed E-state index contributed by atoms with van der Waals surface area (Å²) in [5.41, 5.74) is 0.494. The van der Waals surface area contributed by atoms with E-state index in [0.29, 0.717) is 10.3 Å². The van der Waals surface area contributed by atoms with E-state index in [1.807, 2.05) is 0 Å². The van der Waals surface area contributed by atoms with Crippen molar-refractivity contribution >= 4 is 50.7 Å². The third kappa shape index (κ3) is 4.06. The molecule has 1 rings (SSSR count). The molecule has 0 aliphatic rings. The molecule has 0 spiro atoms. The predicted molar refractivity (Wildman–Crippen MR) is 71.1 cm³/mol. The molecular formula is C9H13BrCl3N3. The molecule has 0 saturated carbocycles. The zero-order valence-electron chi connectivity index (χ0n) is 8.89. The van der Waals surface area contributed by atoms with E-state index in [4.69, 9.17) is 34.8 Å². The number of nitrogens with zero attached hydrogens (tertiary/aromatic N) is 3. The summed E-state index contributed by atoms with van der Waals surface area (Å²) in [7, 11) is 0. The lowest BCUT2D eigenvalue weighted by Crippen LogP contribution is -2.12. The van der Waals surface area contributed by atoms with Crippen LogP contribution in [0.3, 0.4) is 0 Å². The molecule has 1 aromatic heterocycles. The quantitative estimate of drug-likeness (QED) is 0.581. The Morgan fingerprint density at radius 1 is 1.25 bits per heavy atom. The number of hydrogen-bond donors (Lipinski definition) is 0. The Labute approximate surface area is 119 Å². The molecule has 0 saturated heterocycles. The molecule has 0 atom stereocenters. The Bertz CT molecular complexity index is 335. The van der Waals surface area contributed by atoms with Crippen LogP contribution in [0.15, 0.2) is 4.60 Å². The van der Waals surface area contributed by atoms with Gasteiger partial charge in [-0.25, -0.2) is 4.68 Å². The fourth-order valence-electron chi connectivity index (χ4n) is 1.40. The van der Waals surface area contributed by atoms with Crippen molar-refractivity contribution in [2.45, 2.75) is 42.9 Å². The molecule has 0 aromatic carbocycles. The van der Waals surface area contributed by atoms with Gasteiger partial charge in [-0.15, -0.1) is 5.10 Å². The van der Waals surface area contributed by atoms with Gasteiger partial charge in [0, 0.05) is 6.54 Å². The maximum Gasteiger partial charge on any atom is 0.235 e. The summed E-state index contributed by atoms with van der Waals surface area (Å²) in [5, 5.41) is 7.80. The molecule has 3 nitrogen and oxygen atoms in total. The normalized spacial score (nSPS) is 12.1. The molecule has 0 fully saturated rings. The number of hydrogen-bond acceptors (Lipinski definition) is 2. The highest BCUT2D eigenvalue weighted by Crippen LogP contribution is 2.41. The molecule has 0 amide bonds. The topological polar surface area (TPSA) is 30.7 Å². The van der Waals surface area contributed by atoms with Gasteiger partial charge in [0.15, 0.2) is 4.60 Å². The smallest absolute Gasteiger partial charge is 0.235 e. The van der Waals surface area contributed by atoms with Gasteiger partial charge in [-0.2, -0.15) is 0 Å². The number of rotatable bonds is 5. The number of aryl methyl sites for hydroxylation is 1. The molecule has 0 aliphatic carbocycles. The van der Waals surface area contributed by atoms with Crippen molar-refractivity contribution in [2.24, 2.45) is 0 Å². The summed E-state index contributed by atoms with van der Waals surface area (Å²) in [6, 6.07) is 0. The van der Waals surface area contributed by atoms with E-state index in [-0.39, 0.29) is 0 Å². The van der Waals surface area contributed by atoms with Gasteiger partial charge in [-0.1, -0.05) is 66.2 Å². The fourth-order valence-corrected chi connectivity index (χ4v) is 2.88. The van der Waals surface area contributed by atoms with Gasteiger partial charge in [0.25, 0.3) is 0 Å². The van der Waals surface area contributed by atoms with Gasteiger partial charge in [0.2, 0.25) is 3.79 Å². The molecule has 0 bridgehead atoms.